The number of nitrogens with zero attached hydrogens (tertiary/aromatic N) is 3. The van der Waals surface area contributed by atoms with Crippen LogP contribution < -0.4 is 5.32 Å². The van der Waals surface area contributed by atoms with E-state index in [0.29, 0.717) is 15.8 Å². The largest absolute Gasteiger partial charge is 0.433 e. The number of benzene rings is 2. The van der Waals surface area contributed by atoms with E-state index in [1.54, 1.807) is 36.4 Å². The highest BCUT2D eigenvalue weighted by molar-refractivity contribution is 9.11. The van der Waals surface area contributed by atoms with E-state index in [0.717, 1.165) is 22.5 Å². The minimum atomic E-state index is -4.71. The number of carbonyl (C=O) groups is 1. The van der Waals surface area contributed by atoms with Crippen molar-refractivity contribution in [2.45, 2.75) is 19.5 Å². The van der Waals surface area contributed by atoms with Gasteiger partial charge in [-0.25, -0.2) is 9.50 Å². The number of aryl methyl sites for hydroxylation is 1. The van der Waals surface area contributed by atoms with Crippen LogP contribution in [0.15, 0.2) is 63.5 Å². The maximum atomic E-state index is 13.8. The molecule has 2 aromatic carbocycles. The molecule has 0 unspecified atom stereocenters. The smallest absolute Gasteiger partial charge is 0.321 e. The van der Waals surface area contributed by atoms with E-state index in [2.05, 4.69) is 47.3 Å². The maximum absolute atomic E-state index is 13.8. The first kappa shape index (κ1) is 22.5. The molecule has 164 valence electrons. The highest BCUT2D eigenvalue weighted by atomic mass is 79.9. The van der Waals surface area contributed by atoms with Gasteiger partial charge in [-0.3, -0.25) is 4.79 Å². The lowest BCUT2D eigenvalue weighted by atomic mass is 10.1. The minimum absolute atomic E-state index is 0.0737. The first-order chi connectivity index (χ1) is 15.2. The number of aromatic nitrogens is 3. The highest BCUT2D eigenvalue weighted by Gasteiger charge is 2.36. The van der Waals surface area contributed by atoms with Crippen LogP contribution in [0.25, 0.3) is 16.9 Å². The molecule has 4 aromatic rings. The van der Waals surface area contributed by atoms with Crippen molar-refractivity contribution in [1.29, 1.82) is 0 Å². The summed E-state index contributed by atoms with van der Waals surface area (Å²) in [5, 5.41) is 6.59. The van der Waals surface area contributed by atoms with Crippen molar-refractivity contribution >= 4 is 49.1 Å². The summed E-state index contributed by atoms with van der Waals surface area (Å²) >= 11 is 6.53. The fourth-order valence-electron chi connectivity index (χ4n) is 3.12. The average Bonchev–Trinajstić information content (AvgIpc) is 3.10. The molecule has 2 heterocycles. The van der Waals surface area contributed by atoms with Gasteiger partial charge in [0.2, 0.25) is 0 Å². The van der Waals surface area contributed by atoms with Crippen molar-refractivity contribution in [3.8, 4) is 11.3 Å². The lowest BCUT2D eigenvalue weighted by Gasteiger charge is -2.11. The van der Waals surface area contributed by atoms with Crippen LogP contribution in [0.2, 0.25) is 0 Å². The van der Waals surface area contributed by atoms with Gasteiger partial charge in [0.05, 0.1) is 10.2 Å². The number of rotatable bonds is 4. The van der Waals surface area contributed by atoms with Gasteiger partial charge >= 0.3 is 6.18 Å². The van der Waals surface area contributed by atoms with Crippen LogP contribution in [0.5, 0.6) is 0 Å². The van der Waals surface area contributed by atoms with Crippen LogP contribution in [0.1, 0.15) is 28.7 Å². The Morgan fingerprint density at radius 1 is 1.06 bits per heavy atom. The van der Waals surface area contributed by atoms with Gasteiger partial charge in [0.25, 0.3) is 5.91 Å². The van der Waals surface area contributed by atoms with Crippen LogP contribution in [0, 0.1) is 0 Å². The summed E-state index contributed by atoms with van der Waals surface area (Å²) in [6.07, 6.45) is -3.86. The van der Waals surface area contributed by atoms with Gasteiger partial charge in [-0.2, -0.15) is 18.3 Å². The van der Waals surface area contributed by atoms with E-state index in [1.165, 1.54) is 0 Å². The zero-order chi connectivity index (χ0) is 23.0. The third kappa shape index (κ3) is 4.42. The summed E-state index contributed by atoms with van der Waals surface area (Å²) in [5.41, 5.74) is 0.871. The monoisotopic (exact) mass is 566 g/mol. The molecule has 5 nitrogen and oxygen atoms in total. The Morgan fingerprint density at radius 3 is 2.31 bits per heavy atom. The molecule has 0 fully saturated rings. The van der Waals surface area contributed by atoms with Crippen LogP contribution in [-0.4, -0.2) is 20.5 Å². The van der Waals surface area contributed by atoms with E-state index in [9.17, 15) is 18.0 Å². The van der Waals surface area contributed by atoms with Crippen molar-refractivity contribution in [3.05, 3.63) is 80.5 Å². The van der Waals surface area contributed by atoms with Gasteiger partial charge in [0.15, 0.2) is 17.0 Å². The third-order valence-electron chi connectivity index (χ3n) is 4.80. The number of anilines is 1. The predicted octanol–water partition coefficient (Wildman–Crippen LogP) is 6.75. The molecule has 32 heavy (non-hydrogen) atoms. The van der Waals surface area contributed by atoms with E-state index >= 15 is 0 Å². The quantitative estimate of drug-likeness (QED) is 0.296. The number of alkyl halides is 3. The predicted molar refractivity (Wildman–Crippen MR) is 123 cm³/mol. The zero-order valence-electron chi connectivity index (χ0n) is 16.5. The first-order valence-corrected chi connectivity index (χ1v) is 11.1. The SMILES string of the molecule is CCc1ccc(NC(=O)c2nn3c(C(F)(F)F)cc(-c4ccc(Br)cc4)nc3c2Br)cc1. The Morgan fingerprint density at radius 2 is 1.72 bits per heavy atom. The van der Waals surface area contributed by atoms with Crippen LogP contribution in [0.4, 0.5) is 18.9 Å². The van der Waals surface area contributed by atoms with E-state index < -0.39 is 17.8 Å². The summed E-state index contributed by atoms with van der Waals surface area (Å²) < 4.78 is 43.0. The van der Waals surface area contributed by atoms with E-state index in [-0.39, 0.29) is 21.5 Å². The van der Waals surface area contributed by atoms with Gasteiger partial charge in [-0.15, -0.1) is 0 Å². The zero-order valence-corrected chi connectivity index (χ0v) is 19.7. The molecule has 0 aliphatic carbocycles. The summed E-state index contributed by atoms with van der Waals surface area (Å²) in [6, 6.07) is 14.8. The van der Waals surface area contributed by atoms with Gasteiger partial charge in [0.1, 0.15) is 0 Å². The van der Waals surface area contributed by atoms with Crippen molar-refractivity contribution in [2.24, 2.45) is 0 Å². The molecule has 0 saturated carbocycles. The Labute approximate surface area is 197 Å². The molecular formula is C22H15Br2F3N4O. The molecule has 0 radical (unpaired) electrons. The fourth-order valence-corrected chi connectivity index (χ4v) is 3.90. The molecule has 0 saturated heterocycles. The van der Waals surface area contributed by atoms with Crippen LogP contribution >= 0.6 is 31.9 Å². The Balaban J connectivity index is 1.80. The number of hydrogen-bond donors (Lipinski definition) is 1. The van der Waals surface area contributed by atoms with Gasteiger partial charge < -0.3 is 5.32 Å². The summed E-state index contributed by atoms with van der Waals surface area (Å²) in [6.45, 7) is 2.01. The number of nitrogens with one attached hydrogen (secondary N) is 1. The van der Waals surface area contributed by atoms with Crippen molar-refractivity contribution in [2.75, 3.05) is 5.32 Å². The van der Waals surface area contributed by atoms with Crippen LogP contribution in [-0.2, 0) is 12.6 Å². The number of carbonyl (C=O) groups excluding carboxylic acids is 1. The molecule has 1 amide bonds. The Hall–Kier alpha value is -2.72. The molecular weight excluding hydrogens is 553 g/mol. The summed E-state index contributed by atoms with van der Waals surface area (Å²) in [4.78, 5) is 17.1. The standard InChI is InChI=1S/C22H15Br2F3N4O/c1-2-12-3-9-15(10-4-12)28-21(32)19-18(24)20-29-16(13-5-7-14(23)8-6-13)11-17(22(25,26)27)31(20)30-19/h3-11H,2H2,1H3,(H,28,32). The maximum Gasteiger partial charge on any atom is 0.433 e. The molecule has 1 N–H and O–H groups in total. The van der Waals surface area contributed by atoms with Crippen LogP contribution in [0.3, 0.4) is 0 Å². The van der Waals surface area contributed by atoms with Crippen molar-refractivity contribution in [1.82, 2.24) is 14.6 Å². The molecule has 4 rings (SSSR count). The average molecular weight is 568 g/mol. The summed E-state index contributed by atoms with van der Waals surface area (Å²) in [5.74, 6) is -0.648. The Kier molecular flexibility index (Phi) is 6.09. The van der Waals surface area contributed by atoms with Gasteiger partial charge in [-0.05, 0) is 58.2 Å². The van der Waals surface area contributed by atoms with Gasteiger partial charge in [-0.1, -0.05) is 47.1 Å². The minimum Gasteiger partial charge on any atom is -0.321 e. The third-order valence-corrected chi connectivity index (χ3v) is 6.06. The normalized spacial score (nSPS) is 11.7. The van der Waals surface area contributed by atoms with Gasteiger partial charge in [0, 0.05) is 15.7 Å². The second-order valence-electron chi connectivity index (χ2n) is 6.93. The highest BCUT2D eigenvalue weighted by Crippen LogP contribution is 2.35. The fraction of sp³-hybridized carbons (Fsp3) is 0.136. The lowest BCUT2D eigenvalue weighted by Crippen LogP contribution is -2.15. The Bertz CT molecular complexity index is 1300. The number of hydrogen-bond acceptors (Lipinski definition) is 3. The molecule has 0 atom stereocenters. The molecule has 0 aliphatic heterocycles. The second-order valence-corrected chi connectivity index (χ2v) is 8.64. The molecule has 10 heteroatoms. The van der Waals surface area contributed by atoms with E-state index in [4.69, 9.17) is 0 Å². The molecule has 0 aliphatic rings. The first-order valence-electron chi connectivity index (χ1n) is 9.50. The number of fused-ring (bicyclic) bond motifs is 1. The number of amides is 1. The molecule has 2 aromatic heterocycles. The second kappa shape index (κ2) is 8.67. The van der Waals surface area contributed by atoms with Crippen molar-refractivity contribution < 1.29 is 18.0 Å². The van der Waals surface area contributed by atoms with Crippen molar-refractivity contribution in [3.63, 3.8) is 0 Å². The lowest BCUT2D eigenvalue weighted by molar-refractivity contribution is -0.142. The topological polar surface area (TPSA) is 59.3 Å². The summed E-state index contributed by atoms with van der Waals surface area (Å²) in [7, 11) is 0. The number of halogens is 5. The molecule has 0 bridgehead atoms. The van der Waals surface area contributed by atoms with E-state index in [1.807, 2.05) is 19.1 Å². The molecule has 0 spiro atoms.